The molecule has 0 radical (unpaired) electrons. The van der Waals surface area contributed by atoms with Crippen LogP contribution in [0.5, 0.6) is 5.75 Å². The van der Waals surface area contributed by atoms with Crippen LogP contribution >= 0.6 is 0 Å². The minimum atomic E-state index is -0.754. The van der Waals surface area contributed by atoms with Gasteiger partial charge in [-0.3, -0.25) is 4.79 Å². The van der Waals surface area contributed by atoms with Crippen molar-refractivity contribution >= 4 is 5.78 Å². The number of ketones is 1. The quantitative estimate of drug-likeness (QED) is 0.766. The van der Waals surface area contributed by atoms with Crippen LogP contribution in [0.15, 0.2) is 18.2 Å². The van der Waals surface area contributed by atoms with E-state index in [4.69, 9.17) is 9.47 Å². The highest BCUT2D eigenvalue weighted by Gasteiger charge is 2.42. The largest absolute Gasteiger partial charge is 0.494 e. The minimum Gasteiger partial charge on any atom is -0.494 e. The van der Waals surface area contributed by atoms with Crippen LogP contribution in [0.4, 0.5) is 4.39 Å². The predicted molar refractivity (Wildman–Crippen MR) is 70.1 cm³/mol. The summed E-state index contributed by atoms with van der Waals surface area (Å²) in [5.41, 5.74) is -0.399. The van der Waals surface area contributed by atoms with Gasteiger partial charge >= 0.3 is 0 Å². The third-order valence-corrected chi connectivity index (χ3v) is 3.66. The molecule has 0 unspecified atom stereocenters. The van der Waals surface area contributed by atoms with Gasteiger partial charge in [0.15, 0.2) is 17.3 Å². The van der Waals surface area contributed by atoms with Crippen LogP contribution in [0, 0.1) is 5.82 Å². The molecule has 1 aliphatic carbocycles. The Morgan fingerprint density at radius 2 is 2.05 bits per heavy atom. The van der Waals surface area contributed by atoms with E-state index in [2.05, 4.69) is 0 Å². The summed E-state index contributed by atoms with van der Waals surface area (Å²) in [7, 11) is 1.40. The van der Waals surface area contributed by atoms with Crippen LogP contribution in [0.25, 0.3) is 0 Å². The standard InChI is InChI=1S/C15H19FO3/c1-3-19-15(8-4-5-9-15)14(17)11-6-7-13(18-2)12(16)10-11/h6-7,10H,3-5,8-9H2,1-2H3. The summed E-state index contributed by atoms with van der Waals surface area (Å²) in [6.07, 6.45) is 3.38. The summed E-state index contributed by atoms with van der Waals surface area (Å²) in [5.74, 6) is -0.486. The number of ether oxygens (including phenoxy) is 2. The molecule has 0 aliphatic heterocycles. The van der Waals surface area contributed by atoms with Crippen molar-refractivity contribution in [2.45, 2.75) is 38.2 Å². The number of Topliss-reactive ketones (excluding diaryl/α,β-unsaturated/α-hetero) is 1. The van der Waals surface area contributed by atoms with Gasteiger partial charge in [-0.05, 0) is 50.8 Å². The summed E-state index contributed by atoms with van der Waals surface area (Å²) in [6, 6.07) is 4.32. The van der Waals surface area contributed by atoms with Crippen LogP contribution in [0.3, 0.4) is 0 Å². The first-order valence-electron chi connectivity index (χ1n) is 6.65. The highest BCUT2D eigenvalue weighted by molar-refractivity contribution is 6.02. The van der Waals surface area contributed by atoms with Crippen molar-refractivity contribution in [3.05, 3.63) is 29.6 Å². The highest BCUT2D eigenvalue weighted by Crippen LogP contribution is 2.36. The summed E-state index contributed by atoms with van der Waals surface area (Å²) in [5, 5.41) is 0. The first-order chi connectivity index (χ1) is 9.13. The lowest BCUT2D eigenvalue weighted by atomic mass is 9.91. The third kappa shape index (κ3) is 2.63. The molecule has 0 spiro atoms. The molecule has 1 aromatic rings. The molecule has 1 aliphatic rings. The maximum absolute atomic E-state index is 13.7. The van der Waals surface area contributed by atoms with Crippen LogP contribution < -0.4 is 4.74 Å². The van der Waals surface area contributed by atoms with Crippen molar-refractivity contribution in [1.29, 1.82) is 0 Å². The van der Waals surface area contributed by atoms with E-state index in [0.29, 0.717) is 25.0 Å². The van der Waals surface area contributed by atoms with E-state index in [9.17, 15) is 9.18 Å². The smallest absolute Gasteiger partial charge is 0.194 e. The number of hydrogen-bond acceptors (Lipinski definition) is 3. The van der Waals surface area contributed by atoms with E-state index in [1.165, 1.54) is 19.2 Å². The fraction of sp³-hybridized carbons (Fsp3) is 0.533. The van der Waals surface area contributed by atoms with Crippen molar-refractivity contribution in [1.82, 2.24) is 0 Å². The number of halogens is 1. The molecule has 1 fully saturated rings. The zero-order valence-electron chi connectivity index (χ0n) is 11.4. The lowest BCUT2D eigenvalue weighted by Gasteiger charge is -2.27. The molecule has 0 bridgehead atoms. The van der Waals surface area contributed by atoms with Gasteiger partial charge in [0.05, 0.1) is 7.11 Å². The van der Waals surface area contributed by atoms with Crippen molar-refractivity contribution in [2.75, 3.05) is 13.7 Å². The Kier molecular flexibility index (Phi) is 4.20. The zero-order valence-corrected chi connectivity index (χ0v) is 11.4. The lowest BCUT2D eigenvalue weighted by Crippen LogP contribution is -2.39. The molecule has 0 atom stereocenters. The van der Waals surface area contributed by atoms with Crippen LogP contribution in [0.2, 0.25) is 0 Å². The fourth-order valence-electron chi connectivity index (χ4n) is 2.73. The maximum Gasteiger partial charge on any atom is 0.194 e. The van der Waals surface area contributed by atoms with Gasteiger partial charge in [0.1, 0.15) is 5.60 Å². The Morgan fingerprint density at radius 1 is 1.37 bits per heavy atom. The van der Waals surface area contributed by atoms with Crippen molar-refractivity contribution < 1.29 is 18.7 Å². The van der Waals surface area contributed by atoms with Crippen molar-refractivity contribution in [2.24, 2.45) is 0 Å². The Labute approximate surface area is 112 Å². The zero-order chi connectivity index (χ0) is 13.9. The maximum atomic E-state index is 13.7. The Bertz CT molecular complexity index is 464. The number of carbonyl (C=O) groups is 1. The molecule has 1 saturated carbocycles. The summed E-state index contributed by atoms with van der Waals surface area (Å²) in [6.45, 7) is 2.37. The van der Waals surface area contributed by atoms with E-state index in [-0.39, 0.29) is 11.5 Å². The lowest BCUT2D eigenvalue weighted by molar-refractivity contribution is -0.0163. The van der Waals surface area contributed by atoms with Crippen LogP contribution in [-0.2, 0) is 4.74 Å². The molecule has 104 valence electrons. The monoisotopic (exact) mass is 266 g/mol. The molecule has 0 N–H and O–H groups in total. The topological polar surface area (TPSA) is 35.5 Å². The summed E-state index contributed by atoms with van der Waals surface area (Å²) >= 11 is 0. The second kappa shape index (κ2) is 5.70. The minimum absolute atomic E-state index is 0.117. The molecule has 0 aromatic heterocycles. The Morgan fingerprint density at radius 3 is 2.58 bits per heavy atom. The fourth-order valence-corrected chi connectivity index (χ4v) is 2.73. The molecule has 3 nitrogen and oxygen atoms in total. The average molecular weight is 266 g/mol. The normalized spacial score (nSPS) is 17.4. The van der Waals surface area contributed by atoms with E-state index in [1.54, 1.807) is 6.07 Å². The van der Waals surface area contributed by atoms with Gasteiger partial charge < -0.3 is 9.47 Å². The van der Waals surface area contributed by atoms with E-state index < -0.39 is 11.4 Å². The van der Waals surface area contributed by atoms with Gasteiger partial charge in [0, 0.05) is 12.2 Å². The number of methoxy groups -OCH3 is 1. The Balaban J connectivity index is 2.29. The summed E-state index contributed by atoms with van der Waals surface area (Å²) in [4.78, 5) is 12.6. The summed E-state index contributed by atoms with van der Waals surface area (Å²) < 4.78 is 24.3. The third-order valence-electron chi connectivity index (χ3n) is 3.66. The number of hydrogen-bond donors (Lipinski definition) is 0. The molecular weight excluding hydrogens is 247 g/mol. The van der Waals surface area contributed by atoms with Crippen LogP contribution in [0.1, 0.15) is 43.0 Å². The molecule has 0 amide bonds. The average Bonchev–Trinajstić information content (AvgIpc) is 2.88. The van der Waals surface area contributed by atoms with E-state index >= 15 is 0 Å². The molecular formula is C15H19FO3. The first-order valence-corrected chi connectivity index (χ1v) is 6.65. The number of benzene rings is 1. The van der Waals surface area contributed by atoms with Crippen LogP contribution in [-0.4, -0.2) is 25.1 Å². The van der Waals surface area contributed by atoms with E-state index in [0.717, 1.165) is 12.8 Å². The molecule has 2 rings (SSSR count). The van der Waals surface area contributed by atoms with Crippen molar-refractivity contribution in [3.8, 4) is 5.75 Å². The predicted octanol–water partition coefficient (Wildman–Crippen LogP) is 3.37. The number of rotatable bonds is 5. The molecule has 4 heteroatoms. The van der Waals surface area contributed by atoms with Crippen molar-refractivity contribution in [3.63, 3.8) is 0 Å². The number of carbonyl (C=O) groups excluding carboxylic acids is 1. The van der Waals surface area contributed by atoms with E-state index in [1.807, 2.05) is 6.92 Å². The molecule has 1 aromatic carbocycles. The van der Waals surface area contributed by atoms with Gasteiger partial charge in [0.25, 0.3) is 0 Å². The SMILES string of the molecule is CCOC1(C(=O)c2ccc(OC)c(F)c2)CCCC1. The highest BCUT2D eigenvalue weighted by atomic mass is 19.1. The molecule has 0 heterocycles. The second-order valence-corrected chi connectivity index (χ2v) is 4.81. The molecule has 0 saturated heterocycles. The van der Waals surface area contributed by atoms with Gasteiger partial charge in [-0.1, -0.05) is 0 Å². The first kappa shape index (κ1) is 14.0. The second-order valence-electron chi connectivity index (χ2n) is 4.81. The van der Waals surface area contributed by atoms with Gasteiger partial charge in [-0.25, -0.2) is 4.39 Å². The van der Waals surface area contributed by atoms with Gasteiger partial charge in [-0.15, -0.1) is 0 Å². The van der Waals surface area contributed by atoms with Gasteiger partial charge in [0.2, 0.25) is 0 Å². The molecule has 19 heavy (non-hydrogen) atoms. The Hall–Kier alpha value is -1.42. The van der Waals surface area contributed by atoms with Gasteiger partial charge in [-0.2, -0.15) is 0 Å².